The van der Waals surface area contributed by atoms with E-state index < -0.39 is 5.67 Å². The molecule has 104 valence electrons. The quantitative estimate of drug-likeness (QED) is 0.650. The van der Waals surface area contributed by atoms with Crippen molar-refractivity contribution in [2.45, 2.75) is 32.9 Å². The summed E-state index contributed by atoms with van der Waals surface area (Å²) >= 11 is 0. The van der Waals surface area contributed by atoms with Crippen LogP contribution in [0.3, 0.4) is 0 Å². The fourth-order valence-electron chi connectivity index (χ4n) is 1.66. The molecule has 19 heavy (non-hydrogen) atoms. The zero-order valence-electron chi connectivity index (χ0n) is 11.6. The summed E-state index contributed by atoms with van der Waals surface area (Å²) in [5, 5.41) is 9.59. The lowest BCUT2D eigenvalue weighted by atomic mass is 9.96. The number of nitrogens with one attached hydrogen (secondary N) is 2. The Labute approximate surface area is 112 Å². The van der Waals surface area contributed by atoms with Gasteiger partial charge in [0.2, 0.25) is 5.91 Å². The molecule has 0 saturated carbocycles. The molecule has 0 atom stereocenters. The minimum Gasteiger partial charge on any atom is -0.497 e. The highest BCUT2D eigenvalue weighted by atomic mass is 19.1. The van der Waals surface area contributed by atoms with Gasteiger partial charge in [0.15, 0.2) is 0 Å². The number of ether oxygens (including phenoxy) is 1. The topological polar surface area (TPSA) is 62.2 Å². The number of methoxy groups -OCH3 is 1. The molecule has 0 aliphatic rings. The van der Waals surface area contributed by atoms with E-state index in [0.29, 0.717) is 16.9 Å². The lowest BCUT2D eigenvalue weighted by molar-refractivity contribution is -0.119. The van der Waals surface area contributed by atoms with Gasteiger partial charge in [0.25, 0.3) is 0 Å². The molecule has 4 nitrogen and oxygen atoms in total. The van der Waals surface area contributed by atoms with E-state index in [4.69, 9.17) is 10.1 Å². The maximum atomic E-state index is 14.0. The van der Waals surface area contributed by atoms with Crippen molar-refractivity contribution in [2.24, 2.45) is 0 Å². The molecule has 5 heteroatoms. The molecule has 0 fully saturated rings. The van der Waals surface area contributed by atoms with Gasteiger partial charge in [0.05, 0.1) is 19.4 Å². The normalized spacial score (nSPS) is 11.0. The zero-order chi connectivity index (χ0) is 14.6. The highest BCUT2D eigenvalue weighted by Crippen LogP contribution is 2.29. The van der Waals surface area contributed by atoms with Crippen LogP contribution in [0.5, 0.6) is 5.75 Å². The Balaban J connectivity index is 3.01. The number of alkyl halides is 1. The average Bonchev–Trinajstić information content (AvgIpc) is 2.25. The van der Waals surface area contributed by atoms with Crippen LogP contribution in [0.15, 0.2) is 18.2 Å². The second-order valence-corrected chi connectivity index (χ2v) is 4.89. The van der Waals surface area contributed by atoms with Crippen LogP contribution in [0.25, 0.3) is 0 Å². The summed E-state index contributed by atoms with van der Waals surface area (Å²) in [7, 11) is 1.50. The first kappa shape index (κ1) is 15.1. The van der Waals surface area contributed by atoms with E-state index in [9.17, 15) is 9.18 Å². The van der Waals surface area contributed by atoms with Crippen molar-refractivity contribution in [1.29, 1.82) is 5.41 Å². The summed E-state index contributed by atoms with van der Waals surface area (Å²) in [5.41, 5.74) is -0.392. The third kappa shape index (κ3) is 4.69. The Hall–Kier alpha value is -1.91. The number of amidine groups is 1. The molecule has 0 aromatic heterocycles. The van der Waals surface area contributed by atoms with Gasteiger partial charge < -0.3 is 10.1 Å². The molecule has 0 saturated heterocycles. The lowest BCUT2D eigenvalue weighted by Gasteiger charge is -2.17. The van der Waals surface area contributed by atoms with Gasteiger partial charge in [-0.25, -0.2) is 4.39 Å². The summed E-state index contributed by atoms with van der Waals surface area (Å²) in [6.07, 6.45) is 0.0799. The average molecular weight is 266 g/mol. The van der Waals surface area contributed by atoms with Gasteiger partial charge in [-0.2, -0.15) is 0 Å². The Morgan fingerprint density at radius 2 is 2.05 bits per heavy atom. The van der Waals surface area contributed by atoms with Crippen molar-refractivity contribution in [3.63, 3.8) is 0 Å². The number of carbonyl (C=O) groups is 1. The first-order valence-electron chi connectivity index (χ1n) is 5.94. The molecule has 1 aromatic carbocycles. The number of carbonyl (C=O) groups excluding carboxylic acids is 1. The van der Waals surface area contributed by atoms with E-state index in [1.165, 1.54) is 27.9 Å². The molecule has 0 aliphatic heterocycles. The minimum absolute atomic E-state index is 0.0799. The van der Waals surface area contributed by atoms with Gasteiger partial charge in [0, 0.05) is 0 Å². The number of hydrogen-bond acceptors (Lipinski definition) is 3. The smallest absolute Gasteiger partial charge is 0.229 e. The number of hydrogen-bond donors (Lipinski definition) is 2. The van der Waals surface area contributed by atoms with Crippen molar-refractivity contribution in [3.8, 4) is 5.75 Å². The fraction of sp³-hybridized carbons (Fsp3) is 0.429. The number of rotatable bonds is 4. The Kier molecular flexibility index (Phi) is 4.64. The molecule has 1 amide bonds. The van der Waals surface area contributed by atoms with Gasteiger partial charge in [-0.05, 0) is 44.0 Å². The summed E-state index contributed by atoms with van der Waals surface area (Å²) < 4.78 is 19.1. The summed E-state index contributed by atoms with van der Waals surface area (Å²) in [4.78, 5) is 11.6. The van der Waals surface area contributed by atoms with E-state index in [1.54, 1.807) is 18.2 Å². The lowest BCUT2D eigenvalue weighted by Crippen LogP contribution is -2.29. The number of amides is 1. The van der Waals surface area contributed by atoms with Gasteiger partial charge in [-0.15, -0.1) is 0 Å². The molecule has 0 unspecified atom stereocenters. The van der Waals surface area contributed by atoms with E-state index in [0.717, 1.165) is 0 Å². The third-order valence-electron chi connectivity index (χ3n) is 2.58. The van der Waals surface area contributed by atoms with Crippen molar-refractivity contribution >= 4 is 11.7 Å². The van der Waals surface area contributed by atoms with Crippen molar-refractivity contribution in [2.75, 3.05) is 7.11 Å². The second-order valence-electron chi connectivity index (χ2n) is 4.89. The van der Waals surface area contributed by atoms with E-state index in [2.05, 4.69) is 5.32 Å². The Morgan fingerprint density at radius 1 is 1.42 bits per heavy atom. The van der Waals surface area contributed by atoms with Crippen molar-refractivity contribution in [1.82, 2.24) is 5.32 Å². The maximum absolute atomic E-state index is 14.0. The first-order valence-corrected chi connectivity index (χ1v) is 5.94. The van der Waals surface area contributed by atoms with E-state index >= 15 is 0 Å². The third-order valence-corrected chi connectivity index (χ3v) is 2.58. The van der Waals surface area contributed by atoms with E-state index in [-0.39, 0.29) is 18.2 Å². The standard InChI is InChI=1S/C14H19FN2O2/c1-9(16)17-13(18)7-10-5-11(14(2,3)15)8-12(6-10)19-4/h5-6,8H,7H2,1-4H3,(H2,16,17,18). The van der Waals surface area contributed by atoms with Crippen LogP contribution in [-0.2, 0) is 16.9 Å². The Morgan fingerprint density at radius 3 is 2.53 bits per heavy atom. The molecule has 0 spiro atoms. The van der Waals surface area contributed by atoms with Gasteiger partial charge in [-0.1, -0.05) is 6.07 Å². The number of halogens is 1. The van der Waals surface area contributed by atoms with E-state index in [1.807, 2.05) is 0 Å². The molecule has 0 heterocycles. The van der Waals surface area contributed by atoms with Crippen LogP contribution in [-0.4, -0.2) is 18.9 Å². The van der Waals surface area contributed by atoms with Crippen molar-refractivity contribution in [3.05, 3.63) is 29.3 Å². The largest absolute Gasteiger partial charge is 0.497 e. The molecule has 1 rings (SSSR count). The molecule has 0 bridgehead atoms. The zero-order valence-corrected chi connectivity index (χ0v) is 11.6. The van der Waals surface area contributed by atoms with Gasteiger partial charge in [0.1, 0.15) is 11.4 Å². The van der Waals surface area contributed by atoms with Gasteiger partial charge >= 0.3 is 0 Å². The molecular weight excluding hydrogens is 247 g/mol. The number of benzene rings is 1. The second kappa shape index (κ2) is 5.82. The van der Waals surface area contributed by atoms with Crippen molar-refractivity contribution < 1.29 is 13.9 Å². The summed E-state index contributed by atoms with van der Waals surface area (Å²) in [6, 6.07) is 4.94. The van der Waals surface area contributed by atoms with Crippen LogP contribution >= 0.6 is 0 Å². The monoisotopic (exact) mass is 266 g/mol. The molecule has 0 radical (unpaired) electrons. The highest BCUT2D eigenvalue weighted by Gasteiger charge is 2.20. The van der Waals surface area contributed by atoms with Crippen LogP contribution in [0.2, 0.25) is 0 Å². The SMILES string of the molecule is COc1cc(CC(=O)NC(C)=N)cc(C(C)(C)F)c1. The predicted octanol–water partition coefficient (Wildman–Crippen LogP) is 2.56. The fourth-order valence-corrected chi connectivity index (χ4v) is 1.66. The molecule has 1 aromatic rings. The van der Waals surface area contributed by atoms with Crippen LogP contribution in [0.4, 0.5) is 4.39 Å². The first-order chi connectivity index (χ1) is 8.72. The molecule has 0 aliphatic carbocycles. The van der Waals surface area contributed by atoms with Crippen LogP contribution in [0.1, 0.15) is 31.9 Å². The highest BCUT2D eigenvalue weighted by molar-refractivity contribution is 5.96. The minimum atomic E-state index is -1.50. The summed E-state index contributed by atoms with van der Waals surface area (Å²) in [6.45, 7) is 4.39. The van der Waals surface area contributed by atoms with Gasteiger partial charge in [-0.3, -0.25) is 10.2 Å². The predicted molar refractivity (Wildman–Crippen MR) is 72.4 cm³/mol. The summed E-state index contributed by atoms with van der Waals surface area (Å²) in [5.74, 6) is 0.292. The maximum Gasteiger partial charge on any atom is 0.229 e. The Bertz CT molecular complexity index is 493. The van der Waals surface area contributed by atoms with Crippen LogP contribution in [0, 0.1) is 5.41 Å². The molecular formula is C14H19FN2O2. The van der Waals surface area contributed by atoms with Crippen LogP contribution < -0.4 is 10.1 Å². The molecule has 2 N–H and O–H groups in total.